The molecule has 1 N–H and O–H groups in total. The number of aryl methyl sites for hydroxylation is 2. The normalized spacial score (nSPS) is 10.3. The molecule has 0 aliphatic rings. The number of rotatable bonds is 3. The van der Waals surface area contributed by atoms with E-state index in [2.05, 4.69) is 15.3 Å². The Hall–Kier alpha value is -1.84. The number of aromatic nitrogens is 3. The fraction of sp³-hybridized carbons (Fsp3) is 0.273. The van der Waals surface area contributed by atoms with Crippen molar-refractivity contribution in [3.63, 3.8) is 0 Å². The molecule has 0 aliphatic carbocycles. The molecular formula is C11H14N4. The average Bonchev–Trinajstić information content (AvgIpc) is 2.63. The molecule has 15 heavy (non-hydrogen) atoms. The van der Waals surface area contributed by atoms with Gasteiger partial charge in [0.25, 0.3) is 0 Å². The van der Waals surface area contributed by atoms with Crippen molar-refractivity contribution < 1.29 is 0 Å². The summed E-state index contributed by atoms with van der Waals surface area (Å²) in [6, 6.07) is 4.01. The highest BCUT2D eigenvalue weighted by Gasteiger charge is 1.98. The van der Waals surface area contributed by atoms with Crippen molar-refractivity contribution in [3.8, 4) is 0 Å². The Morgan fingerprint density at radius 3 is 2.80 bits per heavy atom. The number of anilines is 1. The second-order valence-corrected chi connectivity index (χ2v) is 3.53. The van der Waals surface area contributed by atoms with E-state index in [1.54, 1.807) is 6.20 Å². The van der Waals surface area contributed by atoms with E-state index in [0.717, 1.165) is 17.2 Å². The van der Waals surface area contributed by atoms with E-state index in [4.69, 9.17) is 0 Å². The molecule has 0 radical (unpaired) electrons. The van der Waals surface area contributed by atoms with Gasteiger partial charge in [-0.1, -0.05) is 6.07 Å². The standard InChI is InChI=1S/C11H14N4/c1-9-3-4-10(13-7-9)14-8-11-12-5-6-15(11)2/h3-7H,8H2,1-2H3,(H,13,14). The summed E-state index contributed by atoms with van der Waals surface area (Å²) in [5.74, 6) is 1.88. The first kappa shape index (κ1) is 9.71. The third-order valence-corrected chi connectivity index (χ3v) is 2.26. The largest absolute Gasteiger partial charge is 0.363 e. The van der Waals surface area contributed by atoms with Crippen molar-refractivity contribution in [2.75, 3.05) is 5.32 Å². The Labute approximate surface area is 89.0 Å². The van der Waals surface area contributed by atoms with E-state index in [0.29, 0.717) is 6.54 Å². The highest BCUT2D eigenvalue weighted by Crippen LogP contribution is 2.05. The number of nitrogens with one attached hydrogen (secondary N) is 1. The molecule has 0 unspecified atom stereocenters. The third-order valence-electron chi connectivity index (χ3n) is 2.26. The maximum atomic E-state index is 4.26. The van der Waals surface area contributed by atoms with Crippen LogP contribution in [0.3, 0.4) is 0 Å². The Balaban J connectivity index is 1.99. The molecule has 2 aromatic heterocycles. The Morgan fingerprint density at radius 2 is 2.20 bits per heavy atom. The molecule has 0 saturated heterocycles. The molecule has 0 spiro atoms. The van der Waals surface area contributed by atoms with Crippen molar-refractivity contribution in [1.29, 1.82) is 0 Å². The Kier molecular flexibility index (Phi) is 2.67. The molecule has 0 aliphatic heterocycles. The first-order valence-electron chi connectivity index (χ1n) is 4.88. The van der Waals surface area contributed by atoms with E-state index in [9.17, 15) is 0 Å². The topological polar surface area (TPSA) is 42.7 Å². The van der Waals surface area contributed by atoms with Crippen LogP contribution in [0.25, 0.3) is 0 Å². The van der Waals surface area contributed by atoms with E-state index in [1.807, 2.05) is 43.1 Å². The summed E-state index contributed by atoms with van der Waals surface area (Å²) in [4.78, 5) is 8.48. The van der Waals surface area contributed by atoms with Crippen molar-refractivity contribution in [3.05, 3.63) is 42.1 Å². The van der Waals surface area contributed by atoms with Crippen LogP contribution in [0.4, 0.5) is 5.82 Å². The molecule has 2 aromatic rings. The van der Waals surface area contributed by atoms with Gasteiger partial charge in [-0.25, -0.2) is 9.97 Å². The zero-order valence-electron chi connectivity index (χ0n) is 8.94. The second kappa shape index (κ2) is 4.13. The summed E-state index contributed by atoms with van der Waals surface area (Å²) in [5, 5.41) is 3.22. The lowest BCUT2D eigenvalue weighted by Crippen LogP contribution is -2.06. The molecule has 4 nitrogen and oxygen atoms in total. The van der Waals surface area contributed by atoms with Gasteiger partial charge in [0, 0.05) is 25.6 Å². The molecule has 2 rings (SSSR count). The van der Waals surface area contributed by atoms with Crippen LogP contribution in [0, 0.1) is 6.92 Å². The molecule has 0 aromatic carbocycles. The minimum atomic E-state index is 0.694. The first-order chi connectivity index (χ1) is 7.25. The summed E-state index contributed by atoms with van der Waals surface area (Å²) >= 11 is 0. The maximum absolute atomic E-state index is 4.26. The van der Waals surface area contributed by atoms with Crippen LogP contribution in [0.15, 0.2) is 30.7 Å². The summed E-state index contributed by atoms with van der Waals surface area (Å²) in [6.45, 7) is 2.72. The highest BCUT2D eigenvalue weighted by atomic mass is 15.1. The molecular weight excluding hydrogens is 188 g/mol. The summed E-state index contributed by atoms with van der Waals surface area (Å²) in [6.07, 6.45) is 5.57. The van der Waals surface area contributed by atoms with Gasteiger partial charge in [-0.3, -0.25) is 0 Å². The van der Waals surface area contributed by atoms with Gasteiger partial charge in [-0.15, -0.1) is 0 Å². The monoisotopic (exact) mass is 202 g/mol. The summed E-state index contributed by atoms with van der Waals surface area (Å²) in [7, 11) is 1.98. The van der Waals surface area contributed by atoms with Gasteiger partial charge in [0.2, 0.25) is 0 Å². The molecule has 0 atom stereocenters. The molecule has 78 valence electrons. The SMILES string of the molecule is Cc1ccc(NCc2nccn2C)nc1. The quantitative estimate of drug-likeness (QED) is 0.824. The average molecular weight is 202 g/mol. The fourth-order valence-corrected chi connectivity index (χ4v) is 1.31. The van der Waals surface area contributed by atoms with E-state index in [-0.39, 0.29) is 0 Å². The lowest BCUT2D eigenvalue weighted by Gasteiger charge is -2.05. The minimum Gasteiger partial charge on any atom is -0.363 e. The fourth-order valence-electron chi connectivity index (χ4n) is 1.31. The molecule has 0 saturated carbocycles. The smallest absolute Gasteiger partial charge is 0.127 e. The lowest BCUT2D eigenvalue weighted by atomic mass is 10.3. The van der Waals surface area contributed by atoms with Crippen molar-refractivity contribution in [2.45, 2.75) is 13.5 Å². The number of hydrogen-bond donors (Lipinski definition) is 1. The van der Waals surface area contributed by atoms with Crippen LogP contribution < -0.4 is 5.32 Å². The zero-order valence-corrected chi connectivity index (χ0v) is 8.94. The maximum Gasteiger partial charge on any atom is 0.127 e. The number of pyridine rings is 1. The van der Waals surface area contributed by atoms with Gasteiger partial charge < -0.3 is 9.88 Å². The Bertz CT molecular complexity index is 430. The van der Waals surface area contributed by atoms with Crippen molar-refractivity contribution in [1.82, 2.24) is 14.5 Å². The molecule has 4 heteroatoms. The van der Waals surface area contributed by atoms with E-state index in [1.165, 1.54) is 0 Å². The number of hydrogen-bond acceptors (Lipinski definition) is 3. The second-order valence-electron chi connectivity index (χ2n) is 3.53. The van der Waals surface area contributed by atoms with Crippen LogP contribution in [0.2, 0.25) is 0 Å². The van der Waals surface area contributed by atoms with Crippen molar-refractivity contribution >= 4 is 5.82 Å². The van der Waals surface area contributed by atoms with Crippen molar-refractivity contribution in [2.24, 2.45) is 7.05 Å². The third kappa shape index (κ3) is 2.34. The van der Waals surface area contributed by atoms with Gasteiger partial charge in [0.15, 0.2) is 0 Å². The number of nitrogens with zero attached hydrogens (tertiary/aromatic N) is 3. The molecule has 0 fully saturated rings. The highest BCUT2D eigenvalue weighted by molar-refractivity contribution is 5.35. The predicted octanol–water partition coefficient (Wildman–Crippen LogP) is 1.74. The van der Waals surface area contributed by atoms with Crippen LogP contribution in [-0.4, -0.2) is 14.5 Å². The van der Waals surface area contributed by atoms with E-state index < -0.39 is 0 Å². The van der Waals surface area contributed by atoms with Gasteiger partial charge in [0.1, 0.15) is 11.6 Å². The molecule has 0 amide bonds. The molecule has 0 bridgehead atoms. The van der Waals surface area contributed by atoms with E-state index >= 15 is 0 Å². The van der Waals surface area contributed by atoms with Crippen LogP contribution >= 0.6 is 0 Å². The van der Waals surface area contributed by atoms with Crippen LogP contribution in [0.1, 0.15) is 11.4 Å². The predicted molar refractivity (Wildman–Crippen MR) is 59.5 cm³/mol. The molecule has 2 heterocycles. The first-order valence-corrected chi connectivity index (χ1v) is 4.88. The minimum absolute atomic E-state index is 0.694. The summed E-state index contributed by atoms with van der Waals surface area (Å²) < 4.78 is 1.99. The van der Waals surface area contributed by atoms with Gasteiger partial charge >= 0.3 is 0 Å². The van der Waals surface area contributed by atoms with Crippen LogP contribution in [0.5, 0.6) is 0 Å². The zero-order chi connectivity index (χ0) is 10.7. The van der Waals surface area contributed by atoms with Gasteiger partial charge in [-0.05, 0) is 18.6 Å². The van der Waals surface area contributed by atoms with Gasteiger partial charge in [-0.2, -0.15) is 0 Å². The summed E-state index contributed by atoms with van der Waals surface area (Å²) in [5.41, 5.74) is 1.16. The number of imidazole rings is 1. The van der Waals surface area contributed by atoms with Crippen LogP contribution in [-0.2, 0) is 13.6 Å². The lowest BCUT2D eigenvalue weighted by molar-refractivity contribution is 0.811. The van der Waals surface area contributed by atoms with Gasteiger partial charge in [0.05, 0.1) is 6.54 Å². The Morgan fingerprint density at radius 1 is 1.33 bits per heavy atom.